The van der Waals surface area contributed by atoms with Crippen molar-refractivity contribution in [3.8, 4) is 0 Å². The van der Waals surface area contributed by atoms with E-state index < -0.39 is 0 Å². The molecule has 0 unspecified atom stereocenters. The molecule has 1 fully saturated rings. The Bertz CT molecular complexity index is 266. The highest BCUT2D eigenvalue weighted by Crippen LogP contribution is 2.21. The molecule has 1 aromatic rings. The van der Waals surface area contributed by atoms with Gasteiger partial charge in [-0.05, 0) is 19.3 Å². The Morgan fingerprint density at radius 3 is 2.85 bits per heavy atom. The van der Waals surface area contributed by atoms with Gasteiger partial charge in [-0.3, -0.25) is 0 Å². The second kappa shape index (κ2) is 3.79. The average Bonchev–Trinajstić information content (AvgIpc) is 2.67. The smallest absolute Gasteiger partial charge is 0.176 e. The molecule has 0 atom stereocenters. The number of aromatic nitrogens is 1. The first-order valence-electron chi connectivity index (χ1n) is 4.80. The molecular weight excluding hydrogens is 166 g/mol. The third-order valence-electron chi connectivity index (χ3n) is 2.50. The zero-order chi connectivity index (χ0) is 9.10. The summed E-state index contributed by atoms with van der Waals surface area (Å²) in [5, 5.41) is 3.98. The van der Waals surface area contributed by atoms with Crippen molar-refractivity contribution in [2.75, 3.05) is 18.0 Å². The fourth-order valence-corrected chi connectivity index (χ4v) is 1.76. The quantitative estimate of drug-likeness (QED) is 0.743. The molecule has 0 aromatic carbocycles. The molecule has 0 saturated carbocycles. The first-order chi connectivity index (χ1) is 6.42. The van der Waals surface area contributed by atoms with Gasteiger partial charge in [-0.15, -0.1) is 0 Å². The summed E-state index contributed by atoms with van der Waals surface area (Å²) in [6.07, 6.45) is 5.46. The lowest BCUT2D eigenvalue weighted by molar-refractivity contribution is 0.415. The summed E-state index contributed by atoms with van der Waals surface area (Å²) >= 11 is 0. The van der Waals surface area contributed by atoms with Crippen molar-refractivity contribution < 1.29 is 4.52 Å². The van der Waals surface area contributed by atoms with Gasteiger partial charge in [-0.1, -0.05) is 5.16 Å². The van der Waals surface area contributed by atoms with Gasteiger partial charge >= 0.3 is 0 Å². The molecule has 0 bridgehead atoms. The van der Waals surface area contributed by atoms with E-state index in [-0.39, 0.29) is 0 Å². The van der Waals surface area contributed by atoms with E-state index in [1.165, 1.54) is 19.3 Å². The van der Waals surface area contributed by atoms with Crippen LogP contribution in [0.15, 0.2) is 10.8 Å². The van der Waals surface area contributed by atoms with Gasteiger partial charge in [0.05, 0.1) is 0 Å². The molecule has 4 heteroatoms. The molecule has 1 aliphatic rings. The topological polar surface area (TPSA) is 55.3 Å². The fraction of sp³-hybridized carbons (Fsp3) is 0.667. The molecule has 72 valence electrons. The van der Waals surface area contributed by atoms with E-state index in [0.717, 1.165) is 24.5 Å². The Hall–Kier alpha value is -1.03. The minimum atomic E-state index is 0.509. The summed E-state index contributed by atoms with van der Waals surface area (Å²) < 4.78 is 4.92. The van der Waals surface area contributed by atoms with Gasteiger partial charge in [0.15, 0.2) is 5.82 Å². The minimum absolute atomic E-state index is 0.509. The van der Waals surface area contributed by atoms with Crippen LogP contribution in [0.25, 0.3) is 0 Å². The van der Waals surface area contributed by atoms with Crippen LogP contribution in [-0.4, -0.2) is 18.2 Å². The fourth-order valence-electron chi connectivity index (χ4n) is 1.76. The highest BCUT2D eigenvalue weighted by molar-refractivity contribution is 5.44. The highest BCUT2D eigenvalue weighted by Gasteiger charge is 2.16. The lowest BCUT2D eigenvalue weighted by Crippen LogP contribution is -2.30. The Morgan fingerprint density at radius 1 is 1.38 bits per heavy atom. The molecule has 2 N–H and O–H groups in total. The van der Waals surface area contributed by atoms with Gasteiger partial charge in [0, 0.05) is 25.2 Å². The molecule has 4 nitrogen and oxygen atoms in total. The van der Waals surface area contributed by atoms with Gasteiger partial charge in [0.1, 0.15) is 6.26 Å². The lowest BCUT2D eigenvalue weighted by atomic mass is 10.1. The number of anilines is 1. The summed E-state index contributed by atoms with van der Waals surface area (Å²) in [7, 11) is 0. The molecule has 2 heterocycles. The van der Waals surface area contributed by atoms with Crippen LogP contribution in [0.4, 0.5) is 5.82 Å². The number of nitrogens with zero attached hydrogens (tertiary/aromatic N) is 2. The van der Waals surface area contributed by atoms with E-state index in [1.54, 1.807) is 6.26 Å². The zero-order valence-corrected chi connectivity index (χ0v) is 7.70. The normalized spacial score (nSPS) is 17.8. The Morgan fingerprint density at radius 2 is 2.15 bits per heavy atom. The van der Waals surface area contributed by atoms with Crippen LogP contribution in [0.2, 0.25) is 0 Å². The van der Waals surface area contributed by atoms with Crippen LogP contribution in [0.3, 0.4) is 0 Å². The van der Waals surface area contributed by atoms with Gasteiger partial charge in [0.2, 0.25) is 0 Å². The summed E-state index contributed by atoms with van der Waals surface area (Å²) in [4.78, 5) is 2.26. The number of rotatable bonds is 2. The van der Waals surface area contributed by atoms with Crippen molar-refractivity contribution in [2.24, 2.45) is 5.73 Å². The van der Waals surface area contributed by atoms with Crippen molar-refractivity contribution in [1.82, 2.24) is 5.16 Å². The van der Waals surface area contributed by atoms with E-state index in [4.69, 9.17) is 10.3 Å². The summed E-state index contributed by atoms with van der Waals surface area (Å²) in [6, 6.07) is 0. The Labute approximate surface area is 77.7 Å². The zero-order valence-electron chi connectivity index (χ0n) is 7.70. The average molecular weight is 181 g/mol. The van der Waals surface area contributed by atoms with E-state index in [9.17, 15) is 0 Å². The van der Waals surface area contributed by atoms with Gasteiger partial charge < -0.3 is 15.2 Å². The SMILES string of the molecule is NCc1conc1N1CCCCC1. The summed E-state index contributed by atoms with van der Waals surface area (Å²) in [5.74, 6) is 0.946. The number of piperidine rings is 1. The largest absolute Gasteiger partial charge is 0.362 e. The van der Waals surface area contributed by atoms with E-state index in [2.05, 4.69) is 10.1 Å². The first-order valence-corrected chi connectivity index (χ1v) is 4.80. The Kier molecular flexibility index (Phi) is 2.49. The molecular formula is C9H15N3O. The van der Waals surface area contributed by atoms with Crippen LogP contribution in [0.5, 0.6) is 0 Å². The molecule has 0 radical (unpaired) electrons. The van der Waals surface area contributed by atoms with E-state index in [0.29, 0.717) is 6.54 Å². The predicted octanol–water partition coefficient (Wildman–Crippen LogP) is 1.12. The van der Waals surface area contributed by atoms with Crippen molar-refractivity contribution in [3.05, 3.63) is 11.8 Å². The second-order valence-corrected chi connectivity index (χ2v) is 3.42. The Balaban J connectivity index is 2.13. The van der Waals surface area contributed by atoms with Gasteiger partial charge in [0.25, 0.3) is 0 Å². The van der Waals surface area contributed by atoms with Crippen LogP contribution < -0.4 is 10.6 Å². The van der Waals surface area contributed by atoms with E-state index >= 15 is 0 Å². The maximum Gasteiger partial charge on any atom is 0.176 e. The molecule has 1 saturated heterocycles. The van der Waals surface area contributed by atoms with Crippen molar-refractivity contribution >= 4 is 5.82 Å². The molecule has 0 amide bonds. The number of nitrogens with two attached hydrogens (primary N) is 1. The van der Waals surface area contributed by atoms with Crippen molar-refractivity contribution in [2.45, 2.75) is 25.8 Å². The van der Waals surface area contributed by atoms with Crippen LogP contribution in [0.1, 0.15) is 24.8 Å². The minimum Gasteiger partial charge on any atom is -0.362 e. The van der Waals surface area contributed by atoms with Gasteiger partial charge in [-0.25, -0.2) is 0 Å². The maximum atomic E-state index is 5.58. The van der Waals surface area contributed by atoms with Crippen LogP contribution in [-0.2, 0) is 6.54 Å². The standard InChI is InChI=1S/C9H15N3O/c10-6-8-7-13-11-9(8)12-4-2-1-3-5-12/h7H,1-6,10H2. The third kappa shape index (κ3) is 1.67. The van der Waals surface area contributed by atoms with Gasteiger partial charge in [-0.2, -0.15) is 0 Å². The third-order valence-corrected chi connectivity index (χ3v) is 2.50. The second-order valence-electron chi connectivity index (χ2n) is 3.42. The predicted molar refractivity (Wildman–Crippen MR) is 50.5 cm³/mol. The molecule has 13 heavy (non-hydrogen) atoms. The molecule has 1 aliphatic heterocycles. The van der Waals surface area contributed by atoms with Crippen molar-refractivity contribution in [3.63, 3.8) is 0 Å². The number of hydrogen-bond donors (Lipinski definition) is 1. The summed E-state index contributed by atoms with van der Waals surface area (Å²) in [5.41, 5.74) is 6.59. The summed E-state index contributed by atoms with van der Waals surface area (Å²) in [6.45, 7) is 2.68. The monoisotopic (exact) mass is 181 g/mol. The lowest BCUT2D eigenvalue weighted by Gasteiger charge is -2.26. The van der Waals surface area contributed by atoms with Crippen LogP contribution in [0, 0.1) is 0 Å². The molecule has 1 aromatic heterocycles. The van der Waals surface area contributed by atoms with Crippen LogP contribution >= 0.6 is 0 Å². The maximum absolute atomic E-state index is 5.58. The molecule has 0 aliphatic carbocycles. The highest BCUT2D eigenvalue weighted by atomic mass is 16.5. The van der Waals surface area contributed by atoms with Crippen molar-refractivity contribution in [1.29, 1.82) is 0 Å². The van der Waals surface area contributed by atoms with E-state index in [1.807, 2.05) is 0 Å². The molecule has 2 rings (SSSR count). The number of hydrogen-bond acceptors (Lipinski definition) is 4. The molecule has 0 spiro atoms. The first kappa shape index (κ1) is 8.56.